The summed E-state index contributed by atoms with van der Waals surface area (Å²) >= 11 is 1.42. The van der Waals surface area contributed by atoms with Gasteiger partial charge in [0, 0.05) is 37.7 Å². The number of carbonyl (C=O) groups excluding carboxylic acids is 1. The molecule has 6 nitrogen and oxygen atoms in total. The van der Waals surface area contributed by atoms with Crippen molar-refractivity contribution >= 4 is 17.7 Å². The topological polar surface area (TPSA) is 73.1 Å². The van der Waals surface area contributed by atoms with E-state index in [2.05, 4.69) is 19.2 Å². The highest BCUT2D eigenvalue weighted by Gasteiger charge is 2.27. The van der Waals surface area contributed by atoms with Gasteiger partial charge in [-0.15, -0.1) is 11.8 Å². The molecule has 1 N–H and O–H groups in total. The van der Waals surface area contributed by atoms with E-state index in [0.717, 1.165) is 11.0 Å². The van der Waals surface area contributed by atoms with E-state index in [0.29, 0.717) is 29.0 Å². The molecule has 24 heavy (non-hydrogen) atoms. The van der Waals surface area contributed by atoms with E-state index >= 15 is 0 Å². The zero-order chi connectivity index (χ0) is 17.9. The number of hydrogen-bond acceptors (Lipinski definition) is 4. The lowest BCUT2D eigenvalue weighted by Crippen LogP contribution is -2.44. The third-order valence-corrected chi connectivity index (χ3v) is 6.13. The molecule has 0 aliphatic heterocycles. The smallest absolute Gasteiger partial charge is 0.330 e. The summed E-state index contributed by atoms with van der Waals surface area (Å²) in [6.07, 6.45) is 3.45. The molecule has 2 rings (SSSR count). The van der Waals surface area contributed by atoms with Gasteiger partial charge in [-0.1, -0.05) is 26.7 Å². The summed E-state index contributed by atoms with van der Waals surface area (Å²) < 4.78 is 2.53. The Hall–Kier alpha value is -1.50. The summed E-state index contributed by atoms with van der Waals surface area (Å²) in [5, 5.41) is 3.14. The maximum absolute atomic E-state index is 12.2. The van der Waals surface area contributed by atoms with Crippen molar-refractivity contribution in [2.75, 3.05) is 5.75 Å². The fourth-order valence-corrected chi connectivity index (χ4v) is 4.06. The van der Waals surface area contributed by atoms with Gasteiger partial charge >= 0.3 is 5.69 Å². The Morgan fingerprint density at radius 1 is 1.25 bits per heavy atom. The summed E-state index contributed by atoms with van der Waals surface area (Å²) in [7, 11) is 3.10. The van der Waals surface area contributed by atoms with Gasteiger partial charge in [-0.2, -0.15) is 0 Å². The largest absolute Gasteiger partial charge is 0.352 e. The van der Waals surface area contributed by atoms with E-state index in [1.807, 2.05) is 0 Å². The molecule has 1 aromatic rings. The maximum Gasteiger partial charge on any atom is 0.330 e. The van der Waals surface area contributed by atoms with E-state index in [-0.39, 0.29) is 23.2 Å². The van der Waals surface area contributed by atoms with Crippen molar-refractivity contribution in [3.05, 3.63) is 32.6 Å². The summed E-state index contributed by atoms with van der Waals surface area (Å²) in [6, 6.07) is 1.72. The quantitative estimate of drug-likeness (QED) is 0.865. The van der Waals surface area contributed by atoms with Crippen LogP contribution in [-0.2, 0) is 24.6 Å². The van der Waals surface area contributed by atoms with Crippen molar-refractivity contribution in [1.29, 1.82) is 0 Å². The third kappa shape index (κ3) is 4.32. The van der Waals surface area contributed by atoms with Crippen LogP contribution in [0.1, 0.15) is 38.8 Å². The molecule has 0 unspecified atom stereocenters. The molecule has 0 spiro atoms. The van der Waals surface area contributed by atoms with Gasteiger partial charge in [-0.25, -0.2) is 4.79 Å². The van der Waals surface area contributed by atoms with Gasteiger partial charge in [0.05, 0.1) is 5.75 Å². The zero-order valence-corrected chi connectivity index (χ0v) is 15.7. The Morgan fingerprint density at radius 2 is 1.96 bits per heavy atom. The molecule has 3 atom stereocenters. The molecular formula is C17H27N3O3S. The highest BCUT2D eigenvalue weighted by atomic mass is 32.2. The van der Waals surface area contributed by atoms with Crippen LogP contribution in [0.15, 0.2) is 15.7 Å². The number of rotatable bonds is 5. The van der Waals surface area contributed by atoms with Crippen LogP contribution >= 0.6 is 11.8 Å². The van der Waals surface area contributed by atoms with E-state index in [1.165, 1.54) is 42.3 Å². The first-order chi connectivity index (χ1) is 11.3. The van der Waals surface area contributed by atoms with Gasteiger partial charge < -0.3 is 5.32 Å². The Kier molecular flexibility index (Phi) is 6.32. The van der Waals surface area contributed by atoms with Crippen LogP contribution in [0.2, 0.25) is 0 Å². The lowest BCUT2D eigenvalue weighted by Gasteiger charge is -2.34. The maximum atomic E-state index is 12.2. The Labute approximate surface area is 146 Å². The van der Waals surface area contributed by atoms with E-state index in [9.17, 15) is 14.4 Å². The number of thioether (sulfide) groups is 1. The molecule has 0 radical (unpaired) electrons. The van der Waals surface area contributed by atoms with Crippen LogP contribution in [0.25, 0.3) is 0 Å². The predicted molar refractivity (Wildman–Crippen MR) is 97.2 cm³/mol. The molecular weight excluding hydrogens is 326 g/mol. The van der Waals surface area contributed by atoms with Crippen LogP contribution in [0.4, 0.5) is 0 Å². The molecule has 0 bridgehead atoms. The first-order valence-corrected chi connectivity index (χ1v) is 9.59. The van der Waals surface area contributed by atoms with E-state index < -0.39 is 0 Å². The van der Waals surface area contributed by atoms with Crippen molar-refractivity contribution in [2.24, 2.45) is 25.9 Å². The Balaban J connectivity index is 1.87. The second kappa shape index (κ2) is 8.05. The molecule has 1 saturated carbocycles. The SMILES string of the molecule is C[C@@H]1[C@H](C)CCC[C@@H]1NC(=O)CSCc1cc(=O)n(C)c(=O)n1C. The first kappa shape index (κ1) is 18.8. The number of aromatic nitrogens is 2. The molecule has 1 aliphatic rings. The van der Waals surface area contributed by atoms with Gasteiger partial charge in [0.2, 0.25) is 5.91 Å². The van der Waals surface area contributed by atoms with Crippen molar-refractivity contribution in [2.45, 2.75) is 44.9 Å². The van der Waals surface area contributed by atoms with Crippen LogP contribution < -0.4 is 16.6 Å². The number of nitrogens with zero attached hydrogens (tertiary/aromatic N) is 2. The van der Waals surface area contributed by atoms with Gasteiger partial charge in [0.25, 0.3) is 5.56 Å². The normalized spacial score (nSPS) is 23.9. The molecule has 0 aromatic carbocycles. The lowest BCUT2D eigenvalue weighted by molar-refractivity contribution is -0.119. The van der Waals surface area contributed by atoms with Crippen LogP contribution in [0, 0.1) is 11.8 Å². The molecule has 7 heteroatoms. The average molecular weight is 353 g/mol. The molecule has 1 aromatic heterocycles. The predicted octanol–water partition coefficient (Wildman–Crippen LogP) is 1.26. The molecule has 1 aliphatic carbocycles. The van der Waals surface area contributed by atoms with Gasteiger partial charge in [-0.05, 0) is 18.3 Å². The van der Waals surface area contributed by atoms with Crippen molar-refractivity contribution < 1.29 is 4.79 Å². The van der Waals surface area contributed by atoms with Crippen LogP contribution in [0.3, 0.4) is 0 Å². The average Bonchev–Trinajstić information content (AvgIpc) is 2.54. The molecule has 1 amide bonds. The van der Waals surface area contributed by atoms with Crippen molar-refractivity contribution in [1.82, 2.24) is 14.5 Å². The highest BCUT2D eigenvalue weighted by Crippen LogP contribution is 2.29. The fraction of sp³-hybridized carbons (Fsp3) is 0.706. The van der Waals surface area contributed by atoms with Crippen LogP contribution in [-0.4, -0.2) is 26.8 Å². The summed E-state index contributed by atoms with van der Waals surface area (Å²) in [5.74, 6) is 1.98. The number of hydrogen-bond donors (Lipinski definition) is 1. The van der Waals surface area contributed by atoms with Gasteiger partial charge in [0.1, 0.15) is 0 Å². The van der Waals surface area contributed by atoms with Crippen molar-refractivity contribution in [3.63, 3.8) is 0 Å². The standard InChI is InChI=1S/C17H27N3O3S/c1-11-6-5-7-14(12(11)2)18-15(21)10-24-9-13-8-16(22)20(4)17(23)19(13)3/h8,11-12,14H,5-7,9-10H2,1-4H3,(H,18,21)/t11-,12-,14+/m1/s1. The summed E-state index contributed by atoms with van der Waals surface area (Å²) in [5.41, 5.74) is -0.0173. The fourth-order valence-electron chi connectivity index (χ4n) is 3.20. The number of amides is 1. The summed E-state index contributed by atoms with van der Waals surface area (Å²) in [6.45, 7) is 4.45. The minimum atomic E-state index is -0.340. The molecule has 134 valence electrons. The Morgan fingerprint density at radius 3 is 2.67 bits per heavy atom. The monoisotopic (exact) mass is 353 g/mol. The van der Waals surface area contributed by atoms with Crippen LogP contribution in [0.5, 0.6) is 0 Å². The minimum Gasteiger partial charge on any atom is -0.352 e. The summed E-state index contributed by atoms with van der Waals surface area (Å²) in [4.78, 5) is 35.7. The first-order valence-electron chi connectivity index (χ1n) is 8.44. The Bertz CT molecular complexity index is 710. The minimum absolute atomic E-state index is 0.0276. The second-order valence-corrected chi connectivity index (χ2v) is 7.79. The number of nitrogens with one attached hydrogen (secondary N) is 1. The molecule has 1 fully saturated rings. The second-order valence-electron chi connectivity index (χ2n) is 6.81. The third-order valence-electron chi connectivity index (χ3n) is 5.16. The van der Waals surface area contributed by atoms with E-state index in [4.69, 9.17) is 0 Å². The van der Waals surface area contributed by atoms with E-state index in [1.54, 1.807) is 7.05 Å². The van der Waals surface area contributed by atoms with Gasteiger partial charge in [-0.3, -0.25) is 18.7 Å². The lowest BCUT2D eigenvalue weighted by atomic mass is 9.78. The van der Waals surface area contributed by atoms with Gasteiger partial charge in [0.15, 0.2) is 0 Å². The van der Waals surface area contributed by atoms with Crippen molar-refractivity contribution in [3.8, 4) is 0 Å². The highest BCUT2D eigenvalue weighted by molar-refractivity contribution is 7.99. The zero-order valence-electron chi connectivity index (χ0n) is 14.9. The molecule has 1 heterocycles. The number of carbonyl (C=O) groups is 1. The molecule has 0 saturated heterocycles.